The molecule has 1 N–H and O–H groups in total. The predicted octanol–water partition coefficient (Wildman–Crippen LogP) is 1.90. The van der Waals surface area contributed by atoms with Crippen molar-refractivity contribution in [3.8, 4) is 0 Å². The number of hydrogen-bond donors (Lipinski definition) is 1. The highest BCUT2D eigenvalue weighted by atomic mass is 32.2. The van der Waals surface area contributed by atoms with E-state index in [0.717, 1.165) is 31.6 Å². The minimum atomic E-state index is -3.17. The van der Waals surface area contributed by atoms with Gasteiger partial charge in [-0.15, -0.1) is 0 Å². The van der Waals surface area contributed by atoms with Gasteiger partial charge >= 0.3 is 0 Å². The molecular weight excluding hydrogens is 288 g/mol. The van der Waals surface area contributed by atoms with Crippen molar-refractivity contribution in [3.63, 3.8) is 0 Å². The third-order valence-electron chi connectivity index (χ3n) is 3.75. The number of piperidine rings is 1. The highest BCUT2D eigenvalue weighted by Gasteiger charge is 2.16. The molecule has 1 aromatic rings. The Balaban J connectivity index is 1.90. The van der Waals surface area contributed by atoms with Crippen LogP contribution in [0.1, 0.15) is 26.2 Å². The predicted molar refractivity (Wildman–Crippen MR) is 83.1 cm³/mol. The van der Waals surface area contributed by atoms with Crippen LogP contribution in [-0.2, 0) is 14.6 Å². The fourth-order valence-electron chi connectivity index (χ4n) is 2.38. The molecule has 116 valence electrons. The van der Waals surface area contributed by atoms with E-state index < -0.39 is 9.84 Å². The first-order valence-electron chi connectivity index (χ1n) is 7.37. The van der Waals surface area contributed by atoms with Crippen LogP contribution in [0.2, 0.25) is 0 Å². The van der Waals surface area contributed by atoms with E-state index in [-0.39, 0.29) is 18.2 Å². The average molecular weight is 310 g/mol. The molecule has 1 aliphatic rings. The van der Waals surface area contributed by atoms with E-state index in [4.69, 9.17) is 0 Å². The van der Waals surface area contributed by atoms with Crippen molar-refractivity contribution in [2.75, 3.05) is 30.7 Å². The van der Waals surface area contributed by atoms with Crippen LogP contribution in [-0.4, -0.2) is 44.6 Å². The van der Waals surface area contributed by atoms with E-state index in [0.29, 0.717) is 4.90 Å². The van der Waals surface area contributed by atoms with Crippen molar-refractivity contribution >= 4 is 21.4 Å². The van der Waals surface area contributed by atoms with E-state index in [1.54, 1.807) is 31.2 Å². The van der Waals surface area contributed by atoms with Crippen LogP contribution in [0, 0.1) is 0 Å². The summed E-state index contributed by atoms with van der Waals surface area (Å²) < 4.78 is 23.4. The smallest absolute Gasteiger partial charge is 0.241 e. The lowest BCUT2D eigenvalue weighted by Crippen LogP contribution is -2.39. The van der Waals surface area contributed by atoms with Crippen molar-refractivity contribution in [3.05, 3.63) is 24.3 Å². The lowest BCUT2D eigenvalue weighted by atomic mass is 10.1. The SMILES string of the molecule is CCS(=O)(=O)c1ccc(NCC(=O)N2CCCCC2)cc1. The topological polar surface area (TPSA) is 66.5 Å². The Morgan fingerprint density at radius 3 is 2.33 bits per heavy atom. The zero-order valence-electron chi connectivity index (χ0n) is 12.3. The summed E-state index contributed by atoms with van der Waals surface area (Å²) in [4.78, 5) is 14.2. The van der Waals surface area contributed by atoms with E-state index in [9.17, 15) is 13.2 Å². The standard InChI is InChI=1S/C15H22N2O3S/c1-2-21(19,20)14-8-6-13(7-9-14)16-12-15(18)17-10-4-3-5-11-17/h6-9,16H,2-5,10-12H2,1H3. The lowest BCUT2D eigenvalue weighted by molar-refractivity contribution is -0.130. The second-order valence-electron chi connectivity index (χ2n) is 5.22. The summed E-state index contributed by atoms with van der Waals surface area (Å²) in [5.74, 6) is 0.188. The molecule has 0 radical (unpaired) electrons. The van der Waals surface area contributed by atoms with Crippen LogP contribution in [0.3, 0.4) is 0 Å². The number of anilines is 1. The summed E-state index contributed by atoms with van der Waals surface area (Å²) in [7, 11) is -3.17. The molecule has 1 amide bonds. The Labute approximate surface area is 126 Å². The van der Waals surface area contributed by atoms with Gasteiger partial charge in [-0.3, -0.25) is 4.79 Å². The number of carbonyl (C=O) groups excluding carboxylic acids is 1. The molecule has 1 heterocycles. The molecule has 0 aliphatic carbocycles. The summed E-state index contributed by atoms with van der Waals surface area (Å²) >= 11 is 0. The number of benzene rings is 1. The summed E-state index contributed by atoms with van der Waals surface area (Å²) in [5, 5.41) is 3.05. The number of carbonyl (C=O) groups is 1. The average Bonchev–Trinajstić information content (AvgIpc) is 2.54. The van der Waals surface area contributed by atoms with Crippen LogP contribution < -0.4 is 5.32 Å². The van der Waals surface area contributed by atoms with Crippen LogP contribution in [0.15, 0.2) is 29.2 Å². The van der Waals surface area contributed by atoms with Gasteiger partial charge in [0.05, 0.1) is 17.2 Å². The summed E-state index contributed by atoms with van der Waals surface area (Å²) in [5.41, 5.74) is 0.760. The van der Waals surface area contributed by atoms with Gasteiger partial charge < -0.3 is 10.2 Å². The number of nitrogens with one attached hydrogen (secondary N) is 1. The lowest BCUT2D eigenvalue weighted by Gasteiger charge is -2.26. The van der Waals surface area contributed by atoms with Gasteiger partial charge in [-0.05, 0) is 43.5 Å². The van der Waals surface area contributed by atoms with Gasteiger partial charge in [0, 0.05) is 18.8 Å². The molecule has 1 aliphatic heterocycles. The third-order valence-corrected chi connectivity index (χ3v) is 5.50. The summed E-state index contributed by atoms with van der Waals surface area (Å²) in [6.07, 6.45) is 3.36. The molecule has 1 fully saturated rings. The van der Waals surface area contributed by atoms with Crippen molar-refractivity contribution in [2.24, 2.45) is 0 Å². The Morgan fingerprint density at radius 2 is 1.76 bits per heavy atom. The van der Waals surface area contributed by atoms with Crippen LogP contribution in [0.25, 0.3) is 0 Å². The molecule has 0 atom stereocenters. The number of rotatable bonds is 5. The Bertz CT molecular complexity index is 575. The van der Waals surface area contributed by atoms with Gasteiger partial charge in [-0.1, -0.05) is 6.92 Å². The molecular formula is C15H22N2O3S. The van der Waals surface area contributed by atoms with Gasteiger partial charge in [0.15, 0.2) is 9.84 Å². The molecule has 6 heteroatoms. The maximum atomic E-state index is 12.0. The first-order chi connectivity index (χ1) is 10.0. The highest BCUT2D eigenvalue weighted by molar-refractivity contribution is 7.91. The van der Waals surface area contributed by atoms with Gasteiger partial charge in [0.25, 0.3) is 0 Å². The molecule has 5 nitrogen and oxygen atoms in total. The molecule has 21 heavy (non-hydrogen) atoms. The van der Waals surface area contributed by atoms with Gasteiger partial charge in [0.1, 0.15) is 0 Å². The normalized spacial score (nSPS) is 15.8. The van der Waals surface area contributed by atoms with Crippen LogP contribution in [0.4, 0.5) is 5.69 Å². The van der Waals surface area contributed by atoms with E-state index in [1.165, 1.54) is 6.42 Å². The van der Waals surface area contributed by atoms with Gasteiger partial charge in [0.2, 0.25) is 5.91 Å². The molecule has 1 saturated heterocycles. The molecule has 0 saturated carbocycles. The molecule has 0 spiro atoms. The second kappa shape index (κ2) is 6.93. The minimum absolute atomic E-state index is 0.0905. The molecule has 0 bridgehead atoms. The van der Waals surface area contributed by atoms with Crippen molar-refractivity contribution in [1.29, 1.82) is 0 Å². The summed E-state index contributed by atoms with van der Waals surface area (Å²) in [6, 6.07) is 6.55. The fourth-order valence-corrected chi connectivity index (χ4v) is 3.26. The Morgan fingerprint density at radius 1 is 1.14 bits per heavy atom. The second-order valence-corrected chi connectivity index (χ2v) is 7.50. The quantitative estimate of drug-likeness (QED) is 0.902. The first kappa shape index (κ1) is 15.8. The van der Waals surface area contributed by atoms with Crippen LogP contribution >= 0.6 is 0 Å². The van der Waals surface area contributed by atoms with Crippen molar-refractivity contribution in [1.82, 2.24) is 4.90 Å². The molecule has 1 aromatic carbocycles. The van der Waals surface area contributed by atoms with E-state index >= 15 is 0 Å². The number of nitrogens with zero attached hydrogens (tertiary/aromatic N) is 1. The number of amides is 1. The van der Waals surface area contributed by atoms with E-state index in [2.05, 4.69) is 5.32 Å². The maximum Gasteiger partial charge on any atom is 0.241 e. The number of sulfone groups is 1. The molecule has 0 aromatic heterocycles. The molecule has 0 unspecified atom stereocenters. The largest absolute Gasteiger partial charge is 0.376 e. The Kier molecular flexibility index (Phi) is 5.22. The zero-order valence-corrected chi connectivity index (χ0v) is 13.2. The highest BCUT2D eigenvalue weighted by Crippen LogP contribution is 2.15. The maximum absolute atomic E-state index is 12.0. The van der Waals surface area contributed by atoms with Gasteiger partial charge in [-0.25, -0.2) is 8.42 Å². The summed E-state index contributed by atoms with van der Waals surface area (Å²) in [6.45, 7) is 3.56. The zero-order chi connectivity index (χ0) is 15.3. The fraction of sp³-hybridized carbons (Fsp3) is 0.533. The minimum Gasteiger partial charge on any atom is -0.376 e. The van der Waals surface area contributed by atoms with Crippen molar-refractivity contribution < 1.29 is 13.2 Å². The van der Waals surface area contributed by atoms with Crippen molar-refractivity contribution in [2.45, 2.75) is 31.1 Å². The molecule has 2 rings (SSSR count). The number of likely N-dealkylation sites (tertiary alicyclic amines) is 1. The third kappa shape index (κ3) is 4.20. The monoisotopic (exact) mass is 310 g/mol. The van der Waals surface area contributed by atoms with E-state index in [1.807, 2.05) is 4.90 Å². The van der Waals surface area contributed by atoms with Gasteiger partial charge in [-0.2, -0.15) is 0 Å². The number of hydrogen-bond acceptors (Lipinski definition) is 4. The Hall–Kier alpha value is -1.56. The van der Waals surface area contributed by atoms with Crippen LogP contribution in [0.5, 0.6) is 0 Å². The first-order valence-corrected chi connectivity index (χ1v) is 9.02.